The molecule has 2 nitrogen and oxygen atoms in total. The number of rotatable bonds is 2. The van der Waals surface area contributed by atoms with Gasteiger partial charge >= 0.3 is 0 Å². The van der Waals surface area contributed by atoms with Crippen LogP contribution >= 0.6 is 0 Å². The third-order valence-electron chi connectivity index (χ3n) is 6.59. The van der Waals surface area contributed by atoms with Gasteiger partial charge in [-0.15, -0.1) is 0 Å². The summed E-state index contributed by atoms with van der Waals surface area (Å²) in [6.45, 7) is 7.12. The third-order valence-corrected chi connectivity index (χ3v) is 6.59. The molecule has 0 saturated heterocycles. The minimum atomic E-state index is -0.618. The standard InChI is InChI=1S/C20H29NO/c1-18(2,3)13-19-9-14-7-16(10-19)20(22,17(8-14)11-19)15-5-4-6-21-12-15/h4-6,12,14,16-17,22H,7-11,13H2,1-3H3. The third kappa shape index (κ3) is 2.14. The van der Waals surface area contributed by atoms with Crippen LogP contribution in [0.1, 0.15) is 64.9 Å². The van der Waals surface area contributed by atoms with Gasteiger partial charge in [-0.1, -0.05) is 26.8 Å². The lowest BCUT2D eigenvalue weighted by atomic mass is 9.42. The molecule has 4 aliphatic rings. The van der Waals surface area contributed by atoms with Gasteiger partial charge in [0.1, 0.15) is 0 Å². The van der Waals surface area contributed by atoms with E-state index in [0.29, 0.717) is 22.7 Å². The molecule has 0 aliphatic heterocycles. The summed E-state index contributed by atoms with van der Waals surface area (Å²) >= 11 is 0. The van der Waals surface area contributed by atoms with Crippen LogP contribution in [0.15, 0.2) is 24.5 Å². The van der Waals surface area contributed by atoms with Crippen molar-refractivity contribution in [3.05, 3.63) is 30.1 Å². The average Bonchev–Trinajstić information content (AvgIpc) is 2.42. The summed E-state index contributed by atoms with van der Waals surface area (Å²) in [5, 5.41) is 11.6. The van der Waals surface area contributed by atoms with E-state index in [1.807, 2.05) is 18.5 Å². The van der Waals surface area contributed by atoms with Crippen LogP contribution in [-0.2, 0) is 5.60 Å². The van der Waals surface area contributed by atoms with E-state index in [2.05, 4.69) is 31.8 Å². The Morgan fingerprint density at radius 3 is 2.41 bits per heavy atom. The molecule has 0 amide bonds. The van der Waals surface area contributed by atoms with Crippen molar-refractivity contribution in [3.63, 3.8) is 0 Å². The van der Waals surface area contributed by atoms with Crippen LogP contribution in [0.3, 0.4) is 0 Å². The largest absolute Gasteiger partial charge is 0.385 e. The first-order chi connectivity index (χ1) is 10.3. The summed E-state index contributed by atoms with van der Waals surface area (Å²) in [4.78, 5) is 4.28. The molecular weight excluding hydrogens is 270 g/mol. The van der Waals surface area contributed by atoms with Gasteiger partial charge in [-0.05, 0) is 73.2 Å². The highest BCUT2D eigenvalue weighted by molar-refractivity contribution is 5.26. The summed E-state index contributed by atoms with van der Waals surface area (Å²) in [5.74, 6) is 1.72. The topological polar surface area (TPSA) is 33.1 Å². The van der Waals surface area contributed by atoms with Crippen LogP contribution in [0.5, 0.6) is 0 Å². The second-order valence-electron chi connectivity index (χ2n) is 9.65. The van der Waals surface area contributed by atoms with E-state index in [1.165, 1.54) is 38.5 Å². The Morgan fingerprint density at radius 1 is 1.18 bits per heavy atom. The van der Waals surface area contributed by atoms with Crippen LogP contribution < -0.4 is 0 Å². The molecule has 2 atom stereocenters. The first-order valence-corrected chi connectivity index (χ1v) is 8.94. The Hall–Kier alpha value is -0.890. The van der Waals surface area contributed by atoms with E-state index in [1.54, 1.807) is 0 Å². The van der Waals surface area contributed by atoms with Gasteiger partial charge in [0.25, 0.3) is 0 Å². The lowest BCUT2D eigenvalue weighted by molar-refractivity contribution is -0.213. The summed E-state index contributed by atoms with van der Waals surface area (Å²) in [6.07, 6.45) is 11.3. The number of pyridine rings is 1. The van der Waals surface area contributed by atoms with Crippen LogP contribution in [0.25, 0.3) is 0 Å². The molecule has 0 radical (unpaired) electrons. The molecule has 1 heterocycles. The molecule has 0 spiro atoms. The number of aliphatic hydroxyl groups is 1. The van der Waals surface area contributed by atoms with Gasteiger partial charge in [-0.25, -0.2) is 0 Å². The van der Waals surface area contributed by atoms with E-state index >= 15 is 0 Å². The number of hydrogen-bond donors (Lipinski definition) is 1. The molecule has 4 bridgehead atoms. The Bertz CT molecular complexity index is 543. The summed E-state index contributed by atoms with van der Waals surface area (Å²) in [6, 6.07) is 4.06. The molecular formula is C20H29NO. The minimum Gasteiger partial charge on any atom is -0.385 e. The fourth-order valence-electron chi connectivity index (χ4n) is 6.56. The van der Waals surface area contributed by atoms with Crippen molar-refractivity contribution in [1.82, 2.24) is 4.98 Å². The smallest absolute Gasteiger partial charge is 0.0967 e. The van der Waals surface area contributed by atoms with Gasteiger partial charge < -0.3 is 5.11 Å². The van der Waals surface area contributed by atoms with Gasteiger partial charge in [0, 0.05) is 18.0 Å². The van der Waals surface area contributed by atoms with Crippen LogP contribution in [0.2, 0.25) is 0 Å². The molecule has 4 aliphatic carbocycles. The Labute approximate surface area is 134 Å². The summed E-state index contributed by atoms with van der Waals surface area (Å²) in [7, 11) is 0. The molecule has 22 heavy (non-hydrogen) atoms. The maximum Gasteiger partial charge on any atom is 0.0967 e. The first-order valence-electron chi connectivity index (χ1n) is 8.94. The molecule has 120 valence electrons. The predicted molar refractivity (Wildman–Crippen MR) is 88.2 cm³/mol. The van der Waals surface area contributed by atoms with E-state index in [9.17, 15) is 5.11 Å². The van der Waals surface area contributed by atoms with Crippen molar-refractivity contribution >= 4 is 0 Å². The van der Waals surface area contributed by atoms with Crippen molar-refractivity contribution in [1.29, 1.82) is 0 Å². The fourth-order valence-corrected chi connectivity index (χ4v) is 6.56. The SMILES string of the molecule is CC(C)(C)CC12CC3CC(C1)C(O)(c1cccnc1)C(C3)C2. The number of aromatic nitrogens is 1. The van der Waals surface area contributed by atoms with E-state index in [-0.39, 0.29) is 0 Å². The van der Waals surface area contributed by atoms with Crippen LogP contribution in [0.4, 0.5) is 0 Å². The van der Waals surface area contributed by atoms with E-state index in [0.717, 1.165) is 11.5 Å². The molecule has 1 aromatic rings. The number of hydrogen-bond acceptors (Lipinski definition) is 2. The van der Waals surface area contributed by atoms with Gasteiger partial charge in [-0.3, -0.25) is 4.98 Å². The highest BCUT2D eigenvalue weighted by Crippen LogP contribution is 2.68. The lowest BCUT2D eigenvalue weighted by Gasteiger charge is -2.64. The summed E-state index contributed by atoms with van der Waals surface area (Å²) < 4.78 is 0. The summed E-state index contributed by atoms with van der Waals surface area (Å²) in [5.41, 5.74) is 1.32. The van der Waals surface area contributed by atoms with Crippen molar-refractivity contribution in [2.75, 3.05) is 0 Å². The lowest BCUT2D eigenvalue weighted by Crippen LogP contribution is -2.59. The van der Waals surface area contributed by atoms with Crippen LogP contribution in [-0.4, -0.2) is 10.1 Å². The van der Waals surface area contributed by atoms with Gasteiger partial charge in [-0.2, -0.15) is 0 Å². The highest BCUT2D eigenvalue weighted by atomic mass is 16.3. The van der Waals surface area contributed by atoms with Crippen molar-refractivity contribution in [2.24, 2.45) is 28.6 Å². The predicted octanol–water partition coefficient (Wildman–Crippen LogP) is 4.53. The highest BCUT2D eigenvalue weighted by Gasteiger charge is 2.62. The van der Waals surface area contributed by atoms with Crippen molar-refractivity contribution in [3.8, 4) is 0 Å². The fraction of sp³-hybridized carbons (Fsp3) is 0.750. The second kappa shape index (κ2) is 4.56. The zero-order valence-electron chi connectivity index (χ0n) is 14.2. The second-order valence-corrected chi connectivity index (χ2v) is 9.65. The molecule has 0 aromatic carbocycles. The van der Waals surface area contributed by atoms with Gasteiger partial charge in [0.15, 0.2) is 0 Å². The Balaban J connectivity index is 1.69. The van der Waals surface area contributed by atoms with E-state index < -0.39 is 5.60 Å². The molecule has 4 saturated carbocycles. The normalized spacial score (nSPS) is 43.5. The van der Waals surface area contributed by atoms with Crippen molar-refractivity contribution < 1.29 is 5.11 Å². The molecule has 5 rings (SSSR count). The molecule has 1 N–H and O–H groups in total. The van der Waals surface area contributed by atoms with Gasteiger partial charge in [0.2, 0.25) is 0 Å². The monoisotopic (exact) mass is 299 g/mol. The zero-order chi connectivity index (χ0) is 15.6. The molecule has 4 fully saturated rings. The number of nitrogens with zero attached hydrogens (tertiary/aromatic N) is 1. The average molecular weight is 299 g/mol. The quantitative estimate of drug-likeness (QED) is 0.870. The van der Waals surface area contributed by atoms with E-state index in [4.69, 9.17) is 0 Å². The molecule has 1 aromatic heterocycles. The Kier molecular flexibility index (Phi) is 3.05. The van der Waals surface area contributed by atoms with Gasteiger partial charge in [0.05, 0.1) is 5.60 Å². The molecule has 2 unspecified atom stereocenters. The Morgan fingerprint density at radius 2 is 1.86 bits per heavy atom. The maximum atomic E-state index is 11.6. The van der Waals surface area contributed by atoms with Crippen molar-refractivity contribution in [2.45, 2.75) is 64.9 Å². The van der Waals surface area contributed by atoms with Crippen LogP contribution in [0, 0.1) is 28.6 Å². The zero-order valence-corrected chi connectivity index (χ0v) is 14.2. The first kappa shape index (κ1) is 14.7. The minimum absolute atomic E-state index is 0.387. The maximum absolute atomic E-state index is 11.6. The molecule has 2 heteroatoms.